The molecule has 2 aliphatic heterocycles. The molecule has 1 aromatic rings. The van der Waals surface area contributed by atoms with Crippen molar-refractivity contribution in [2.45, 2.75) is 50.7 Å². The van der Waals surface area contributed by atoms with Crippen molar-refractivity contribution in [2.75, 3.05) is 19.9 Å². The van der Waals surface area contributed by atoms with Gasteiger partial charge >= 0.3 is 0 Å². The molecule has 0 unspecified atom stereocenters. The Bertz CT molecular complexity index is 586. The van der Waals surface area contributed by atoms with E-state index in [9.17, 15) is 4.79 Å². The zero-order chi connectivity index (χ0) is 15.6. The fourth-order valence-electron chi connectivity index (χ4n) is 3.90. The standard InChI is InChI=1S/C18H23NO4/c20-18(19-9-10-21-15-4-2-1-3-14(15)19)8-6-13-5-7-16-17(11-13)23-12-22-16/h5,7,11,14-15H,1-4,6,8-10,12H2/t14-,15-/m0/s1. The van der Waals surface area contributed by atoms with E-state index in [0.717, 1.165) is 42.9 Å². The lowest BCUT2D eigenvalue weighted by atomic mass is 9.90. The number of carbonyl (C=O) groups excluding carboxylic acids is 1. The van der Waals surface area contributed by atoms with Crippen LogP contribution in [0.15, 0.2) is 18.2 Å². The van der Waals surface area contributed by atoms with Gasteiger partial charge in [-0.3, -0.25) is 4.79 Å². The minimum Gasteiger partial charge on any atom is -0.454 e. The lowest BCUT2D eigenvalue weighted by Crippen LogP contribution is -2.54. The van der Waals surface area contributed by atoms with E-state index >= 15 is 0 Å². The maximum atomic E-state index is 12.7. The molecule has 1 aliphatic carbocycles. The lowest BCUT2D eigenvalue weighted by Gasteiger charge is -2.43. The van der Waals surface area contributed by atoms with Crippen molar-refractivity contribution in [2.24, 2.45) is 0 Å². The molecule has 0 bridgehead atoms. The predicted molar refractivity (Wildman–Crippen MR) is 84.6 cm³/mol. The minimum atomic E-state index is 0.253. The number of carbonyl (C=O) groups is 1. The molecule has 2 heterocycles. The van der Waals surface area contributed by atoms with Gasteiger partial charge in [-0.25, -0.2) is 0 Å². The number of benzene rings is 1. The van der Waals surface area contributed by atoms with Crippen molar-refractivity contribution < 1.29 is 19.0 Å². The van der Waals surface area contributed by atoms with E-state index in [1.807, 2.05) is 18.2 Å². The number of ether oxygens (including phenoxy) is 3. The van der Waals surface area contributed by atoms with Crippen LogP contribution in [0.5, 0.6) is 11.5 Å². The Morgan fingerprint density at radius 1 is 1.17 bits per heavy atom. The molecule has 0 aromatic heterocycles. The summed E-state index contributed by atoms with van der Waals surface area (Å²) in [6.45, 7) is 1.70. The number of fused-ring (bicyclic) bond motifs is 2. The van der Waals surface area contributed by atoms with Gasteiger partial charge in [-0.2, -0.15) is 0 Å². The molecule has 4 rings (SSSR count). The van der Waals surface area contributed by atoms with E-state index < -0.39 is 0 Å². The molecule has 124 valence electrons. The summed E-state index contributed by atoms with van der Waals surface area (Å²) in [5.74, 6) is 1.83. The summed E-state index contributed by atoms with van der Waals surface area (Å²) in [5.41, 5.74) is 1.12. The molecule has 3 aliphatic rings. The Morgan fingerprint density at radius 2 is 2.04 bits per heavy atom. The Labute approximate surface area is 136 Å². The first-order valence-electron chi connectivity index (χ1n) is 8.61. The number of hydrogen-bond acceptors (Lipinski definition) is 4. The van der Waals surface area contributed by atoms with Gasteiger partial charge in [0.1, 0.15) is 0 Å². The maximum Gasteiger partial charge on any atom is 0.231 e. The van der Waals surface area contributed by atoms with E-state index in [2.05, 4.69) is 4.90 Å². The first kappa shape index (κ1) is 14.8. The van der Waals surface area contributed by atoms with Gasteiger partial charge in [0.2, 0.25) is 12.7 Å². The van der Waals surface area contributed by atoms with Crippen LogP contribution in [0, 0.1) is 0 Å². The molecule has 1 aromatic carbocycles. The van der Waals surface area contributed by atoms with Crippen LogP contribution in [-0.4, -0.2) is 42.9 Å². The largest absolute Gasteiger partial charge is 0.454 e. The highest BCUT2D eigenvalue weighted by atomic mass is 16.7. The number of hydrogen-bond donors (Lipinski definition) is 0. The normalized spacial score (nSPS) is 26.0. The van der Waals surface area contributed by atoms with Gasteiger partial charge in [0, 0.05) is 13.0 Å². The van der Waals surface area contributed by atoms with Crippen LogP contribution in [0.25, 0.3) is 0 Å². The topological polar surface area (TPSA) is 48.0 Å². The van der Waals surface area contributed by atoms with Crippen molar-refractivity contribution >= 4 is 5.91 Å². The van der Waals surface area contributed by atoms with E-state index in [1.54, 1.807) is 0 Å². The summed E-state index contributed by atoms with van der Waals surface area (Å²) >= 11 is 0. The van der Waals surface area contributed by atoms with Gasteiger partial charge in [0.05, 0.1) is 18.8 Å². The second kappa shape index (κ2) is 6.40. The van der Waals surface area contributed by atoms with Crippen LogP contribution in [0.3, 0.4) is 0 Å². The fraction of sp³-hybridized carbons (Fsp3) is 0.611. The van der Waals surface area contributed by atoms with Crippen LogP contribution in [0.2, 0.25) is 0 Å². The maximum absolute atomic E-state index is 12.7. The first-order valence-corrected chi connectivity index (χ1v) is 8.61. The monoisotopic (exact) mass is 317 g/mol. The molecule has 2 atom stereocenters. The molecule has 2 fully saturated rings. The molecule has 5 heteroatoms. The highest BCUT2D eigenvalue weighted by molar-refractivity contribution is 5.77. The molecular formula is C18H23NO4. The van der Waals surface area contributed by atoms with Gasteiger partial charge in [0.25, 0.3) is 0 Å². The third kappa shape index (κ3) is 3.02. The summed E-state index contributed by atoms with van der Waals surface area (Å²) in [7, 11) is 0. The SMILES string of the molecule is O=C(CCc1ccc2c(c1)OCO2)N1CCO[C@H]2CCCC[C@@H]21. The van der Waals surface area contributed by atoms with Crippen LogP contribution in [0.1, 0.15) is 37.7 Å². The van der Waals surface area contributed by atoms with Gasteiger partial charge in [-0.15, -0.1) is 0 Å². The zero-order valence-corrected chi connectivity index (χ0v) is 13.3. The average molecular weight is 317 g/mol. The third-order valence-corrected chi connectivity index (χ3v) is 5.12. The summed E-state index contributed by atoms with van der Waals surface area (Å²) in [4.78, 5) is 14.7. The molecule has 5 nitrogen and oxygen atoms in total. The molecule has 0 N–H and O–H groups in total. The number of amides is 1. The number of morpholine rings is 1. The molecule has 0 radical (unpaired) electrons. The second-order valence-electron chi connectivity index (χ2n) is 6.54. The number of rotatable bonds is 3. The van der Waals surface area contributed by atoms with Crippen LogP contribution in [-0.2, 0) is 16.0 Å². The number of aryl methyl sites for hydroxylation is 1. The smallest absolute Gasteiger partial charge is 0.231 e. The molecule has 1 amide bonds. The Balaban J connectivity index is 1.37. The van der Waals surface area contributed by atoms with E-state index in [4.69, 9.17) is 14.2 Å². The van der Waals surface area contributed by atoms with Gasteiger partial charge in [-0.1, -0.05) is 18.9 Å². The van der Waals surface area contributed by atoms with Gasteiger partial charge < -0.3 is 19.1 Å². The van der Waals surface area contributed by atoms with Gasteiger partial charge in [-0.05, 0) is 37.0 Å². The molecular weight excluding hydrogens is 294 g/mol. The van der Waals surface area contributed by atoms with Crippen LogP contribution < -0.4 is 9.47 Å². The molecule has 1 saturated carbocycles. The van der Waals surface area contributed by atoms with Crippen molar-refractivity contribution in [1.29, 1.82) is 0 Å². The molecule has 0 spiro atoms. The van der Waals surface area contributed by atoms with Crippen LogP contribution in [0.4, 0.5) is 0 Å². The number of nitrogens with zero attached hydrogens (tertiary/aromatic N) is 1. The Morgan fingerprint density at radius 3 is 3.00 bits per heavy atom. The highest BCUT2D eigenvalue weighted by Crippen LogP contribution is 2.33. The quantitative estimate of drug-likeness (QED) is 0.859. The fourth-order valence-corrected chi connectivity index (χ4v) is 3.90. The van der Waals surface area contributed by atoms with Crippen molar-refractivity contribution in [1.82, 2.24) is 4.90 Å². The van der Waals surface area contributed by atoms with Crippen LogP contribution >= 0.6 is 0 Å². The summed E-state index contributed by atoms with van der Waals surface area (Å²) in [5, 5.41) is 0. The highest BCUT2D eigenvalue weighted by Gasteiger charge is 2.36. The summed E-state index contributed by atoms with van der Waals surface area (Å²) < 4.78 is 16.6. The summed E-state index contributed by atoms with van der Waals surface area (Å²) in [6.07, 6.45) is 6.15. The first-order chi connectivity index (χ1) is 11.3. The van der Waals surface area contributed by atoms with E-state index in [-0.39, 0.29) is 18.8 Å². The van der Waals surface area contributed by atoms with Crippen molar-refractivity contribution in [3.8, 4) is 11.5 Å². The average Bonchev–Trinajstić information content (AvgIpc) is 3.07. The van der Waals surface area contributed by atoms with E-state index in [1.165, 1.54) is 12.8 Å². The zero-order valence-electron chi connectivity index (χ0n) is 13.3. The van der Waals surface area contributed by atoms with E-state index in [0.29, 0.717) is 19.1 Å². The third-order valence-electron chi connectivity index (χ3n) is 5.12. The Kier molecular flexibility index (Phi) is 4.12. The van der Waals surface area contributed by atoms with Crippen molar-refractivity contribution in [3.05, 3.63) is 23.8 Å². The Hall–Kier alpha value is -1.75. The second-order valence-corrected chi connectivity index (χ2v) is 6.54. The van der Waals surface area contributed by atoms with Crippen molar-refractivity contribution in [3.63, 3.8) is 0 Å². The summed E-state index contributed by atoms with van der Waals surface area (Å²) in [6, 6.07) is 6.22. The molecule has 1 saturated heterocycles. The molecule has 23 heavy (non-hydrogen) atoms. The minimum absolute atomic E-state index is 0.253. The van der Waals surface area contributed by atoms with Gasteiger partial charge in [0.15, 0.2) is 11.5 Å². The lowest BCUT2D eigenvalue weighted by molar-refractivity contribution is -0.149. The predicted octanol–water partition coefficient (Wildman–Crippen LogP) is 2.52.